The Balaban J connectivity index is 1.90. The van der Waals surface area contributed by atoms with Crippen LogP contribution in [0.2, 0.25) is 0 Å². The molecule has 0 saturated heterocycles. The van der Waals surface area contributed by atoms with Crippen LogP contribution in [0.5, 0.6) is 5.75 Å². The Morgan fingerprint density at radius 2 is 2.15 bits per heavy atom. The van der Waals surface area contributed by atoms with Crippen LogP contribution in [0.4, 0.5) is 10.2 Å². The number of benzene rings is 1. The van der Waals surface area contributed by atoms with Gasteiger partial charge in [-0.3, -0.25) is 0 Å². The topological polar surface area (TPSA) is 34.1 Å². The number of hydrogen-bond acceptors (Lipinski definition) is 3. The van der Waals surface area contributed by atoms with Crippen LogP contribution >= 0.6 is 0 Å². The second-order valence-electron chi connectivity index (χ2n) is 4.51. The fourth-order valence-electron chi connectivity index (χ4n) is 1.87. The maximum atomic E-state index is 13.1. The highest BCUT2D eigenvalue weighted by molar-refractivity contribution is 5.49. The number of anilines is 1. The fraction of sp³-hybridized carbons (Fsp3) is 0.312. The molecule has 0 bridgehead atoms. The summed E-state index contributed by atoms with van der Waals surface area (Å²) >= 11 is 0. The smallest absolute Gasteiger partial charge is 0.168 e. The summed E-state index contributed by atoms with van der Waals surface area (Å²) < 4.78 is 18.7. The molecular weight excluding hydrogens is 255 g/mol. The van der Waals surface area contributed by atoms with Gasteiger partial charge >= 0.3 is 0 Å². The van der Waals surface area contributed by atoms with E-state index in [0.29, 0.717) is 13.2 Å². The van der Waals surface area contributed by atoms with E-state index in [1.165, 1.54) is 6.07 Å². The van der Waals surface area contributed by atoms with Crippen molar-refractivity contribution in [3.63, 3.8) is 0 Å². The molecule has 0 radical (unpaired) electrons. The molecule has 0 aliphatic heterocycles. The highest BCUT2D eigenvalue weighted by Gasteiger charge is 2.03. The Hall–Kier alpha value is -2.10. The monoisotopic (exact) mass is 274 g/mol. The van der Waals surface area contributed by atoms with Gasteiger partial charge in [0.2, 0.25) is 0 Å². The van der Waals surface area contributed by atoms with Crippen molar-refractivity contribution in [2.45, 2.75) is 19.8 Å². The second kappa shape index (κ2) is 7.48. The van der Waals surface area contributed by atoms with Crippen LogP contribution in [0.3, 0.4) is 0 Å². The lowest BCUT2D eigenvalue weighted by atomic mass is 10.1. The van der Waals surface area contributed by atoms with Crippen molar-refractivity contribution in [1.29, 1.82) is 0 Å². The third-order valence-electron chi connectivity index (χ3n) is 2.83. The summed E-state index contributed by atoms with van der Waals surface area (Å²) in [6.07, 6.45) is 3.42. The summed E-state index contributed by atoms with van der Waals surface area (Å²) in [5.74, 6) is 1.29. The fourth-order valence-corrected chi connectivity index (χ4v) is 1.87. The first-order valence-corrected chi connectivity index (χ1v) is 6.85. The number of hydrogen-bond donors (Lipinski definition) is 1. The quantitative estimate of drug-likeness (QED) is 0.836. The van der Waals surface area contributed by atoms with Crippen molar-refractivity contribution in [3.05, 3.63) is 54.0 Å². The molecule has 0 fully saturated rings. The standard InChI is InChI=1S/C16H19FN2O/c1-2-11-20-15-7-4-9-18-16(15)19-10-8-13-5-3-6-14(17)12-13/h3-7,9,12H,2,8,10-11H2,1H3,(H,18,19). The molecule has 0 amide bonds. The summed E-state index contributed by atoms with van der Waals surface area (Å²) in [5.41, 5.74) is 0.962. The number of ether oxygens (including phenoxy) is 1. The number of aromatic nitrogens is 1. The van der Waals surface area contributed by atoms with Crippen molar-refractivity contribution in [1.82, 2.24) is 4.98 Å². The molecule has 1 aromatic heterocycles. The Morgan fingerprint density at radius 3 is 2.95 bits per heavy atom. The molecule has 2 aromatic rings. The molecule has 0 unspecified atom stereocenters. The van der Waals surface area contributed by atoms with Crippen LogP contribution in [-0.4, -0.2) is 18.1 Å². The van der Waals surface area contributed by atoms with E-state index < -0.39 is 0 Å². The van der Waals surface area contributed by atoms with E-state index in [-0.39, 0.29) is 5.82 Å². The van der Waals surface area contributed by atoms with Crippen molar-refractivity contribution in [2.75, 3.05) is 18.5 Å². The summed E-state index contributed by atoms with van der Waals surface area (Å²) in [5, 5.41) is 3.23. The van der Waals surface area contributed by atoms with E-state index in [1.54, 1.807) is 18.3 Å². The van der Waals surface area contributed by atoms with Crippen LogP contribution in [0.25, 0.3) is 0 Å². The first-order valence-electron chi connectivity index (χ1n) is 6.85. The lowest BCUT2D eigenvalue weighted by Crippen LogP contribution is -2.08. The predicted molar refractivity (Wildman–Crippen MR) is 78.6 cm³/mol. The molecule has 2 rings (SSSR count). The minimum atomic E-state index is -0.202. The third-order valence-corrected chi connectivity index (χ3v) is 2.83. The molecule has 1 aromatic carbocycles. The average molecular weight is 274 g/mol. The Bertz CT molecular complexity index is 546. The molecule has 0 aliphatic carbocycles. The minimum absolute atomic E-state index is 0.202. The van der Waals surface area contributed by atoms with Crippen molar-refractivity contribution >= 4 is 5.82 Å². The average Bonchev–Trinajstić information content (AvgIpc) is 2.46. The molecule has 0 spiro atoms. The van der Waals surface area contributed by atoms with Gasteiger partial charge in [-0.05, 0) is 42.7 Å². The summed E-state index contributed by atoms with van der Waals surface area (Å²) in [6, 6.07) is 10.4. The van der Waals surface area contributed by atoms with Crippen molar-refractivity contribution in [2.24, 2.45) is 0 Å². The highest BCUT2D eigenvalue weighted by Crippen LogP contribution is 2.20. The maximum absolute atomic E-state index is 13.1. The van der Waals surface area contributed by atoms with E-state index in [0.717, 1.165) is 30.0 Å². The summed E-state index contributed by atoms with van der Waals surface area (Å²) in [6.45, 7) is 3.42. The Morgan fingerprint density at radius 1 is 1.25 bits per heavy atom. The zero-order valence-corrected chi connectivity index (χ0v) is 11.6. The minimum Gasteiger partial charge on any atom is -0.490 e. The molecule has 3 nitrogen and oxygen atoms in total. The second-order valence-corrected chi connectivity index (χ2v) is 4.51. The van der Waals surface area contributed by atoms with Gasteiger partial charge in [0.15, 0.2) is 11.6 Å². The molecule has 4 heteroatoms. The lowest BCUT2D eigenvalue weighted by Gasteiger charge is -2.11. The van der Waals surface area contributed by atoms with Crippen LogP contribution < -0.4 is 10.1 Å². The SMILES string of the molecule is CCCOc1cccnc1NCCc1cccc(F)c1. The van der Waals surface area contributed by atoms with E-state index in [2.05, 4.69) is 17.2 Å². The van der Waals surface area contributed by atoms with Gasteiger partial charge in [-0.1, -0.05) is 19.1 Å². The molecule has 0 atom stereocenters. The zero-order chi connectivity index (χ0) is 14.2. The lowest BCUT2D eigenvalue weighted by molar-refractivity contribution is 0.318. The van der Waals surface area contributed by atoms with E-state index in [1.807, 2.05) is 18.2 Å². The van der Waals surface area contributed by atoms with E-state index >= 15 is 0 Å². The van der Waals surface area contributed by atoms with Gasteiger partial charge in [-0.2, -0.15) is 0 Å². The van der Waals surface area contributed by atoms with Crippen LogP contribution in [0, 0.1) is 5.82 Å². The number of nitrogens with one attached hydrogen (secondary N) is 1. The predicted octanol–water partition coefficient (Wildman–Crippen LogP) is 3.66. The van der Waals surface area contributed by atoms with E-state index in [4.69, 9.17) is 4.74 Å². The normalized spacial score (nSPS) is 10.3. The van der Waals surface area contributed by atoms with Gasteiger partial charge in [0, 0.05) is 12.7 Å². The van der Waals surface area contributed by atoms with Crippen molar-refractivity contribution < 1.29 is 9.13 Å². The third kappa shape index (κ3) is 4.23. The van der Waals surface area contributed by atoms with Gasteiger partial charge in [0.1, 0.15) is 5.82 Å². The van der Waals surface area contributed by atoms with Crippen molar-refractivity contribution in [3.8, 4) is 5.75 Å². The van der Waals surface area contributed by atoms with Gasteiger partial charge < -0.3 is 10.1 Å². The summed E-state index contributed by atoms with van der Waals surface area (Å²) in [7, 11) is 0. The van der Waals surface area contributed by atoms with Crippen LogP contribution in [0.1, 0.15) is 18.9 Å². The molecule has 1 N–H and O–H groups in total. The van der Waals surface area contributed by atoms with Crippen LogP contribution in [-0.2, 0) is 6.42 Å². The maximum Gasteiger partial charge on any atom is 0.168 e. The van der Waals surface area contributed by atoms with Gasteiger partial charge in [0.05, 0.1) is 6.61 Å². The number of halogens is 1. The number of nitrogens with zero attached hydrogens (tertiary/aromatic N) is 1. The largest absolute Gasteiger partial charge is 0.490 e. The first-order chi connectivity index (χ1) is 9.79. The van der Waals surface area contributed by atoms with Gasteiger partial charge in [-0.25, -0.2) is 9.37 Å². The van der Waals surface area contributed by atoms with Crippen LogP contribution in [0.15, 0.2) is 42.6 Å². The molecular formula is C16H19FN2O. The molecule has 106 valence electrons. The number of pyridine rings is 1. The molecule has 0 aliphatic rings. The van der Waals surface area contributed by atoms with E-state index in [9.17, 15) is 4.39 Å². The molecule has 20 heavy (non-hydrogen) atoms. The Labute approximate surface area is 118 Å². The Kier molecular flexibility index (Phi) is 5.35. The zero-order valence-electron chi connectivity index (χ0n) is 11.6. The molecule has 0 saturated carbocycles. The highest BCUT2D eigenvalue weighted by atomic mass is 19.1. The van der Waals surface area contributed by atoms with Gasteiger partial charge in [-0.15, -0.1) is 0 Å². The van der Waals surface area contributed by atoms with Gasteiger partial charge in [0.25, 0.3) is 0 Å². The molecule has 1 heterocycles. The first kappa shape index (κ1) is 14.3. The number of rotatable bonds is 7. The summed E-state index contributed by atoms with van der Waals surface area (Å²) in [4.78, 5) is 4.27.